The zero-order valence-electron chi connectivity index (χ0n) is 10.3. The second-order valence-corrected chi connectivity index (χ2v) is 6.08. The van der Waals surface area contributed by atoms with E-state index in [2.05, 4.69) is 14.8 Å². The van der Waals surface area contributed by atoms with E-state index in [1.165, 1.54) is 23.5 Å². The molecule has 1 aliphatic rings. The van der Waals surface area contributed by atoms with E-state index in [0.717, 1.165) is 4.88 Å². The molecule has 0 radical (unpaired) electrons. The quantitative estimate of drug-likeness (QED) is 0.873. The number of thiophene rings is 1. The summed E-state index contributed by atoms with van der Waals surface area (Å²) >= 11 is 7.35. The minimum atomic E-state index is -3.59. The summed E-state index contributed by atoms with van der Waals surface area (Å²) < 4.78 is 35.3. The molecular formula is C13H10ClF2NO2S. The first-order valence-electron chi connectivity index (χ1n) is 5.85. The molecule has 0 saturated carbocycles. The molecule has 3 nitrogen and oxygen atoms in total. The van der Waals surface area contributed by atoms with Gasteiger partial charge in [-0.25, -0.2) is 0 Å². The molecule has 20 heavy (non-hydrogen) atoms. The number of benzene rings is 1. The highest BCUT2D eigenvalue weighted by Gasteiger charge is 2.43. The molecule has 1 atom stereocenters. The van der Waals surface area contributed by atoms with Gasteiger partial charge in [0.05, 0.1) is 10.4 Å². The van der Waals surface area contributed by atoms with E-state index >= 15 is 0 Å². The Morgan fingerprint density at radius 3 is 2.65 bits per heavy atom. The fourth-order valence-electron chi connectivity index (χ4n) is 1.92. The Morgan fingerprint density at radius 1 is 1.20 bits per heavy atom. The molecule has 0 aliphatic carbocycles. The van der Waals surface area contributed by atoms with E-state index in [-0.39, 0.29) is 17.5 Å². The third kappa shape index (κ3) is 2.66. The van der Waals surface area contributed by atoms with Crippen molar-refractivity contribution in [3.05, 3.63) is 39.5 Å². The number of alkyl halides is 2. The lowest BCUT2D eigenvalue weighted by Gasteiger charge is -2.13. The zero-order chi connectivity index (χ0) is 14.3. The topological polar surface area (TPSA) is 30.5 Å². The van der Waals surface area contributed by atoms with Crippen LogP contribution in [-0.4, -0.2) is 6.29 Å². The van der Waals surface area contributed by atoms with Crippen LogP contribution in [0.5, 0.6) is 11.5 Å². The van der Waals surface area contributed by atoms with Crippen molar-refractivity contribution in [2.45, 2.75) is 19.3 Å². The van der Waals surface area contributed by atoms with Crippen LogP contribution in [0.4, 0.5) is 14.5 Å². The van der Waals surface area contributed by atoms with Crippen LogP contribution in [-0.2, 0) is 0 Å². The maximum absolute atomic E-state index is 12.9. The Balaban J connectivity index is 1.76. The molecule has 1 aliphatic heterocycles. The van der Waals surface area contributed by atoms with E-state index in [4.69, 9.17) is 11.6 Å². The van der Waals surface area contributed by atoms with Gasteiger partial charge in [-0.3, -0.25) is 0 Å². The molecule has 0 amide bonds. The molecule has 1 unspecified atom stereocenters. The van der Waals surface area contributed by atoms with Crippen molar-refractivity contribution < 1.29 is 18.3 Å². The molecular weight excluding hydrogens is 308 g/mol. The number of rotatable bonds is 3. The molecule has 1 aromatic carbocycles. The monoisotopic (exact) mass is 317 g/mol. The first kappa shape index (κ1) is 13.5. The molecule has 1 N–H and O–H groups in total. The highest BCUT2D eigenvalue weighted by atomic mass is 35.5. The highest BCUT2D eigenvalue weighted by molar-refractivity contribution is 7.16. The van der Waals surface area contributed by atoms with Gasteiger partial charge in [0, 0.05) is 16.6 Å². The maximum atomic E-state index is 12.9. The SMILES string of the molecule is CC(Nc1ccc2c(c1)OC(F)(F)O2)c1ccc(Cl)s1. The van der Waals surface area contributed by atoms with Crippen LogP contribution in [0.25, 0.3) is 0 Å². The molecule has 2 heterocycles. The molecule has 0 bridgehead atoms. The molecule has 0 saturated heterocycles. The van der Waals surface area contributed by atoms with Crippen molar-refractivity contribution >= 4 is 28.6 Å². The smallest absolute Gasteiger partial charge is 0.395 e. The average Bonchev–Trinajstić information content (AvgIpc) is 2.90. The van der Waals surface area contributed by atoms with Gasteiger partial charge < -0.3 is 14.8 Å². The van der Waals surface area contributed by atoms with Crippen LogP contribution in [0.2, 0.25) is 4.34 Å². The zero-order valence-corrected chi connectivity index (χ0v) is 11.9. The van der Waals surface area contributed by atoms with Crippen LogP contribution >= 0.6 is 22.9 Å². The number of ether oxygens (including phenoxy) is 2. The van der Waals surface area contributed by atoms with Gasteiger partial charge in [-0.2, -0.15) is 0 Å². The largest absolute Gasteiger partial charge is 0.586 e. The lowest BCUT2D eigenvalue weighted by atomic mass is 10.2. The average molecular weight is 318 g/mol. The number of hydrogen-bond donors (Lipinski definition) is 1. The van der Waals surface area contributed by atoms with Gasteiger partial charge in [0.2, 0.25) is 0 Å². The van der Waals surface area contributed by atoms with E-state index in [1.54, 1.807) is 6.07 Å². The lowest BCUT2D eigenvalue weighted by Crippen LogP contribution is -2.25. The summed E-state index contributed by atoms with van der Waals surface area (Å²) in [6.07, 6.45) is -3.59. The van der Waals surface area contributed by atoms with E-state index in [9.17, 15) is 8.78 Å². The van der Waals surface area contributed by atoms with E-state index < -0.39 is 6.29 Å². The summed E-state index contributed by atoms with van der Waals surface area (Å²) in [6, 6.07) is 8.35. The maximum Gasteiger partial charge on any atom is 0.586 e. The number of halogens is 3. The molecule has 7 heteroatoms. The number of fused-ring (bicyclic) bond motifs is 1. The minimum Gasteiger partial charge on any atom is -0.395 e. The summed E-state index contributed by atoms with van der Waals surface area (Å²) in [6.45, 7) is 1.96. The van der Waals surface area contributed by atoms with Crippen LogP contribution in [0, 0.1) is 0 Å². The van der Waals surface area contributed by atoms with Crippen LogP contribution in [0.3, 0.4) is 0 Å². The van der Waals surface area contributed by atoms with E-state index in [1.807, 2.05) is 19.1 Å². The number of nitrogens with one attached hydrogen (secondary N) is 1. The fourth-order valence-corrected chi connectivity index (χ4v) is 2.98. The summed E-state index contributed by atoms with van der Waals surface area (Å²) in [7, 11) is 0. The van der Waals surface area contributed by atoms with Crippen molar-refractivity contribution in [1.82, 2.24) is 0 Å². The molecule has 2 aromatic rings. The second-order valence-electron chi connectivity index (χ2n) is 4.34. The van der Waals surface area contributed by atoms with E-state index in [0.29, 0.717) is 10.0 Å². The number of hydrogen-bond acceptors (Lipinski definition) is 4. The Kier molecular flexibility index (Phi) is 3.22. The molecule has 0 fully saturated rings. The first-order chi connectivity index (χ1) is 9.43. The van der Waals surface area contributed by atoms with Gasteiger partial charge in [-0.05, 0) is 31.2 Å². The molecule has 3 rings (SSSR count). The van der Waals surface area contributed by atoms with Gasteiger partial charge in [0.25, 0.3) is 0 Å². The third-order valence-electron chi connectivity index (χ3n) is 2.81. The minimum absolute atomic E-state index is 0.00776. The predicted molar refractivity (Wildman–Crippen MR) is 74.0 cm³/mol. The van der Waals surface area contributed by atoms with Crippen LogP contribution < -0.4 is 14.8 Å². The van der Waals surface area contributed by atoms with Crippen molar-refractivity contribution in [2.75, 3.05) is 5.32 Å². The van der Waals surface area contributed by atoms with Crippen molar-refractivity contribution in [1.29, 1.82) is 0 Å². The van der Waals surface area contributed by atoms with Crippen molar-refractivity contribution in [3.63, 3.8) is 0 Å². The highest BCUT2D eigenvalue weighted by Crippen LogP contribution is 2.42. The molecule has 1 aromatic heterocycles. The Labute approximate surface area is 123 Å². The first-order valence-corrected chi connectivity index (χ1v) is 7.04. The summed E-state index contributed by atoms with van der Waals surface area (Å²) in [5.74, 6) is 0.0591. The van der Waals surface area contributed by atoms with Gasteiger partial charge in [-0.1, -0.05) is 11.6 Å². The molecule has 0 spiro atoms. The standard InChI is InChI=1S/C13H10ClF2NO2S/c1-7(11-4-5-12(14)20-11)17-8-2-3-9-10(6-8)19-13(15,16)18-9/h2-7,17H,1H3. The van der Waals surface area contributed by atoms with Gasteiger partial charge in [0.15, 0.2) is 11.5 Å². The summed E-state index contributed by atoms with van der Waals surface area (Å²) in [5.41, 5.74) is 0.669. The van der Waals surface area contributed by atoms with Gasteiger partial charge in [-0.15, -0.1) is 20.1 Å². The Morgan fingerprint density at radius 2 is 1.95 bits per heavy atom. The molecule has 106 valence electrons. The Hall–Kier alpha value is -1.53. The van der Waals surface area contributed by atoms with Gasteiger partial charge in [0.1, 0.15) is 0 Å². The number of anilines is 1. The second kappa shape index (κ2) is 4.79. The van der Waals surface area contributed by atoms with Crippen molar-refractivity contribution in [2.24, 2.45) is 0 Å². The van der Waals surface area contributed by atoms with Crippen LogP contribution in [0.15, 0.2) is 30.3 Å². The van der Waals surface area contributed by atoms with Crippen LogP contribution in [0.1, 0.15) is 17.8 Å². The fraction of sp³-hybridized carbons (Fsp3) is 0.231. The summed E-state index contributed by atoms with van der Waals surface area (Å²) in [5, 5.41) is 3.20. The normalized spacial score (nSPS) is 17.0. The summed E-state index contributed by atoms with van der Waals surface area (Å²) in [4.78, 5) is 1.05. The predicted octanol–water partition coefficient (Wildman–Crippen LogP) is 4.90. The van der Waals surface area contributed by atoms with Gasteiger partial charge >= 0.3 is 6.29 Å². The van der Waals surface area contributed by atoms with Crippen molar-refractivity contribution in [3.8, 4) is 11.5 Å². The third-order valence-corrected chi connectivity index (χ3v) is 4.22. The lowest BCUT2D eigenvalue weighted by molar-refractivity contribution is -0.286. The Bertz CT molecular complexity index is 647.